The Balaban J connectivity index is 2.79. The zero-order valence-electron chi connectivity index (χ0n) is 7.44. The molecule has 0 aromatic carbocycles. The predicted molar refractivity (Wildman–Crippen MR) is 49.5 cm³/mol. The molecule has 13 heavy (non-hydrogen) atoms. The molecule has 3 N–H and O–H groups in total. The number of nitrogen functional groups attached to an aromatic ring is 1. The quantitative estimate of drug-likeness (QED) is 0.645. The summed E-state index contributed by atoms with van der Waals surface area (Å²) in [5.74, 6) is 1.82. The molecule has 0 spiro atoms. The maximum atomic E-state index is 5.71. The molecule has 0 aliphatic rings. The van der Waals surface area contributed by atoms with E-state index in [-0.39, 0.29) is 0 Å². The Bertz CT molecular complexity index is 445. The Labute approximate surface area is 74.8 Å². The number of aryl methyl sites for hydroxylation is 1. The van der Waals surface area contributed by atoms with E-state index in [1.807, 2.05) is 6.92 Å². The highest BCUT2D eigenvalue weighted by atomic mass is 15.3. The summed E-state index contributed by atoms with van der Waals surface area (Å²) in [7, 11) is 1.78. The molecular weight excluding hydrogens is 168 g/mol. The molecule has 2 aromatic heterocycles. The smallest absolute Gasteiger partial charge is 0.209 e. The number of hydrogen-bond donors (Lipinski definition) is 2. The SMILES string of the molecule is CNc1cc2nnc(C)n2c(N)n1. The maximum Gasteiger partial charge on any atom is 0.209 e. The second-order valence-corrected chi connectivity index (χ2v) is 2.69. The maximum absolute atomic E-state index is 5.71. The van der Waals surface area contributed by atoms with Gasteiger partial charge in [0, 0.05) is 13.1 Å². The van der Waals surface area contributed by atoms with E-state index < -0.39 is 0 Å². The Kier molecular flexibility index (Phi) is 1.54. The van der Waals surface area contributed by atoms with Crippen LogP contribution in [0.25, 0.3) is 5.65 Å². The van der Waals surface area contributed by atoms with E-state index >= 15 is 0 Å². The lowest BCUT2D eigenvalue weighted by Gasteiger charge is -2.02. The number of rotatable bonds is 1. The fourth-order valence-electron chi connectivity index (χ4n) is 1.21. The summed E-state index contributed by atoms with van der Waals surface area (Å²) in [6, 6.07) is 1.79. The molecule has 0 amide bonds. The number of fused-ring (bicyclic) bond motifs is 1. The van der Waals surface area contributed by atoms with Crippen LogP contribution < -0.4 is 11.1 Å². The van der Waals surface area contributed by atoms with Gasteiger partial charge in [0.1, 0.15) is 11.6 Å². The van der Waals surface area contributed by atoms with Crippen LogP contribution in [0.3, 0.4) is 0 Å². The van der Waals surface area contributed by atoms with Gasteiger partial charge in [0.25, 0.3) is 0 Å². The molecule has 2 heterocycles. The highest BCUT2D eigenvalue weighted by molar-refractivity contribution is 5.54. The first-order chi connectivity index (χ1) is 6.22. The molecule has 68 valence electrons. The second kappa shape index (κ2) is 2.58. The average Bonchev–Trinajstić information content (AvgIpc) is 2.48. The summed E-state index contributed by atoms with van der Waals surface area (Å²) in [5.41, 5.74) is 6.41. The molecule has 6 nitrogen and oxygen atoms in total. The van der Waals surface area contributed by atoms with Gasteiger partial charge in [-0.2, -0.15) is 4.98 Å². The number of nitrogens with one attached hydrogen (secondary N) is 1. The molecular formula is C7H10N6. The van der Waals surface area contributed by atoms with Crippen molar-refractivity contribution in [2.45, 2.75) is 6.92 Å². The largest absolute Gasteiger partial charge is 0.373 e. The first-order valence-corrected chi connectivity index (χ1v) is 3.88. The molecule has 0 aliphatic carbocycles. The highest BCUT2D eigenvalue weighted by Gasteiger charge is 2.06. The lowest BCUT2D eigenvalue weighted by atomic mass is 10.5. The molecule has 0 saturated carbocycles. The van der Waals surface area contributed by atoms with E-state index in [1.54, 1.807) is 17.5 Å². The normalized spacial score (nSPS) is 10.6. The van der Waals surface area contributed by atoms with Crippen LogP contribution in [-0.4, -0.2) is 26.6 Å². The summed E-state index contributed by atoms with van der Waals surface area (Å²) >= 11 is 0. The van der Waals surface area contributed by atoms with E-state index in [4.69, 9.17) is 5.73 Å². The molecule has 0 unspecified atom stereocenters. The van der Waals surface area contributed by atoms with E-state index in [9.17, 15) is 0 Å². The molecule has 2 rings (SSSR count). The zero-order valence-corrected chi connectivity index (χ0v) is 7.44. The average molecular weight is 178 g/mol. The van der Waals surface area contributed by atoms with E-state index in [1.165, 1.54) is 0 Å². The molecule has 0 radical (unpaired) electrons. The minimum Gasteiger partial charge on any atom is -0.373 e. The molecule has 0 aliphatic heterocycles. The highest BCUT2D eigenvalue weighted by Crippen LogP contribution is 2.12. The van der Waals surface area contributed by atoms with Crippen molar-refractivity contribution < 1.29 is 0 Å². The number of nitrogens with two attached hydrogens (primary N) is 1. The fourth-order valence-corrected chi connectivity index (χ4v) is 1.21. The fraction of sp³-hybridized carbons (Fsp3) is 0.286. The lowest BCUT2D eigenvalue weighted by molar-refractivity contribution is 0.994. The van der Waals surface area contributed by atoms with Gasteiger partial charge < -0.3 is 11.1 Å². The second-order valence-electron chi connectivity index (χ2n) is 2.69. The molecule has 0 atom stereocenters. The van der Waals surface area contributed by atoms with E-state index in [0.29, 0.717) is 17.4 Å². The zero-order chi connectivity index (χ0) is 9.42. The van der Waals surface area contributed by atoms with Gasteiger partial charge in [-0.1, -0.05) is 0 Å². The Morgan fingerprint density at radius 3 is 2.92 bits per heavy atom. The first kappa shape index (κ1) is 7.78. The van der Waals surface area contributed by atoms with Gasteiger partial charge in [0.2, 0.25) is 5.95 Å². The summed E-state index contributed by atoms with van der Waals surface area (Å²) in [5, 5.41) is 10.7. The van der Waals surface area contributed by atoms with Crippen molar-refractivity contribution in [3.8, 4) is 0 Å². The number of aromatic nitrogens is 4. The van der Waals surface area contributed by atoms with Crippen molar-refractivity contribution in [2.75, 3.05) is 18.1 Å². The molecule has 2 aromatic rings. The first-order valence-electron chi connectivity index (χ1n) is 3.88. The number of hydrogen-bond acceptors (Lipinski definition) is 5. The van der Waals surface area contributed by atoms with E-state index in [2.05, 4.69) is 20.5 Å². The van der Waals surface area contributed by atoms with Gasteiger partial charge in [0.15, 0.2) is 5.65 Å². The molecule has 0 bridgehead atoms. The minimum absolute atomic E-state index is 0.393. The Morgan fingerprint density at radius 1 is 1.46 bits per heavy atom. The van der Waals surface area contributed by atoms with Gasteiger partial charge >= 0.3 is 0 Å². The van der Waals surface area contributed by atoms with Crippen LogP contribution in [0.1, 0.15) is 5.82 Å². The third-order valence-corrected chi connectivity index (χ3v) is 1.84. The molecule has 0 saturated heterocycles. The monoisotopic (exact) mass is 178 g/mol. The van der Waals surface area contributed by atoms with Crippen molar-refractivity contribution >= 4 is 17.4 Å². The van der Waals surface area contributed by atoms with Crippen molar-refractivity contribution in [1.29, 1.82) is 0 Å². The summed E-state index contributed by atoms with van der Waals surface area (Å²) in [6.45, 7) is 1.83. The van der Waals surface area contributed by atoms with Crippen molar-refractivity contribution in [3.63, 3.8) is 0 Å². The van der Waals surface area contributed by atoms with Gasteiger partial charge in [-0.15, -0.1) is 10.2 Å². The van der Waals surface area contributed by atoms with Crippen LogP contribution >= 0.6 is 0 Å². The Morgan fingerprint density at radius 2 is 2.23 bits per heavy atom. The van der Waals surface area contributed by atoms with Gasteiger partial charge in [-0.05, 0) is 6.92 Å². The Hall–Kier alpha value is -1.85. The van der Waals surface area contributed by atoms with Gasteiger partial charge in [-0.3, -0.25) is 0 Å². The van der Waals surface area contributed by atoms with Crippen LogP contribution in [-0.2, 0) is 0 Å². The number of anilines is 2. The van der Waals surface area contributed by atoms with Crippen molar-refractivity contribution in [2.24, 2.45) is 0 Å². The summed E-state index contributed by atoms with van der Waals surface area (Å²) < 4.78 is 1.70. The van der Waals surface area contributed by atoms with Crippen LogP contribution in [0.15, 0.2) is 6.07 Å². The topological polar surface area (TPSA) is 81.1 Å². The van der Waals surface area contributed by atoms with Crippen molar-refractivity contribution in [1.82, 2.24) is 19.6 Å². The van der Waals surface area contributed by atoms with Crippen molar-refractivity contribution in [3.05, 3.63) is 11.9 Å². The van der Waals surface area contributed by atoms with Crippen LogP contribution in [0.2, 0.25) is 0 Å². The van der Waals surface area contributed by atoms with Gasteiger partial charge in [-0.25, -0.2) is 4.40 Å². The molecule has 0 fully saturated rings. The van der Waals surface area contributed by atoms with E-state index in [0.717, 1.165) is 5.82 Å². The standard InChI is InChI=1S/C7H10N6/c1-4-11-12-6-3-5(9-2)10-7(8)13(4)6/h3,9H,1-2H3,(H2,8,10). The number of nitrogens with zero attached hydrogens (tertiary/aromatic N) is 4. The van der Waals surface area contributed by atoms with Crippen LogP contribution in [0.5, 0.6) is 0 Å². The van der Waals surface area contributed by atoms with Crippen LogP contribution in [0, 0.1) is 6.92 Å². The molecule has 6 heteroatoms. The summed E-state index contributed by atoms with van der Waals surface area (Å²) in [4.78, 5) is 4.10. The lowest BCUT2D eigenvalue weighted by Crippen LogP contribution is -2.04. The third-order valence-electron chi connectivity index (χ3n) is 1.84. The van der Waals surface area contributed by atoms with Gasteiger partial charge in [0.05, 0.1) is 0 Å². The van der Waals surface area contributed by atoms with Crippen LogP contribution in [0.4, 0.5) is 11.8 Å². The predicted octanol–water partition coefficient (Wildman–Crippen LogP) is 0.0566. The minimum atomic E-state index is 0.393. The summed E-state index contributed by atoms with van der Waals surface area (Å²) in [6.07, 6.45) is 0. The third kappa shape index (κ3) is 1.07.